The Morgan fingerprint density at radius 1 is 1.22 bits per heavy atom. The molecule has 0 aromatic rings. The van der Waals surface area contributed by atoms with Crippen LogP contribution in [-0.2, 0) is 19.1 Å². The van der Waals surface area contributed by atoms with Crippen LogP contribution in [0.3, 0.4) is 0 Å². The van der Waals surface area contributed by atoms with Crippen LogP contribution in [0.5, 0.6) is 0 Å². The Balaban J connectivity index is 1.79. The highest BCUT2D eigenvalue weighted by molar-refractivity contribution is 6.41. The lowest BCUT2D eigenvalue weighted by Gasteiger charge is -2.38. The summed E-state index contributed by atoms with van der Waals surface area (Å²) in [6, 6.07) is -0.862. The van der Waals surface area contributed by atoms with E-state index in [4.69, 9.17) is 27.9 Å². The Kier molecular flexibility index (Phi) is 6.46. The number of carbonyl (C=O) groups excluding carboxylic acids is 3. The largest absolute Gasteiger partial charge is 0.462 e. The summed E-state index contributed by atoms with van der Waals surface area (Å²) < 4.78 is 19.6. The molecule has 3 aliphatic rings. The molecule has 1 heterocycles. The molecule has 3 rings (SSSR count). The van der Waals surface area contributed by atoms with E-state index in [1.807, 2.05) is 0 Å². The molecule has 1 aliphatic heterocycles. The number of halogens is 3. The molecule has 6 atom stereocenters. The van der Waals surface area contributed by atoms with Gasteiger partial charge in [-0.2, -0.15) is 0 Å². The molecule has 150 valence electrons. The van der Waals surface area contributed by atoms with Crippen LogP contribution in [0.1, 0.15) is 45.4 Å². The van der Waals surface area contributed by atoms with E-state index in [0.717, 1.165) is 17.7 Å². The van der Waals surface area contributed by atoms with E-state index in [2.05, 4.69) is 0 Å². The van der Waals surface area contributed by atoms with Crippen molar-refractivity contribution in [2.45, 2.75) is 63.0 Å². The third kappa shape index (κ3) is 4.02. The number of rotatable bonds is 4. The van der Waals surface area contributed by atoms with Crippen LogP contribution in [0, 0.1) is 17.8 Å². The average Bonchev–Trinajstić information content (AvgIpc) is 2.89. The van der Waals surface area contributed by atoms with E-state index in [0.29, 0.717) is 12.8 Å². The Morgan fingerprint density at radius 3 is 2.37 bits per heavy atom. The number of nitrogens with zero attached hydrogens (tertiary/aromatic N) is 1. The van der Waals surface area contributed by atoms with Crippen LogP contribution >= 0.6 is 23.2 Å². The second-order valence-electron chi connectivity index (χ2n) is 7.51. The van der Waals surface area contributed by atoms with Crippen molar-refractivity contribution in [2.75, 3.05) is 6.61 Å². The van der Waals surface area contributed by atoms with Crippen molar-refractivity contribution in [3.8, 4) is 0 Å². The third-order valence-electron chi connectivity index (χ3n) is 5.88. The second-order valence-corrected chi connectivity index (χ2v) is 8.48. The van der Waals surface area contributed by atoms with Crippen molar-refractivity contribution in [1.82, 2.24) is 4.90 Å². The first-order valence-electron chi connectivity index (χ1n) is 9.54. The van der Waals surface area contributed by atoms with Crippen molar-refractivity contribution < 1.29 is 23.5 Å². The molecule has 0 aromatic carbocycles. The first kappa shape index (κ1) is 20.6. The summed E-state index contributed by atoms with van der Waals surface area (Å²) in [7, 11) is 0. The number of hydrogen-bond acceptors (Lipinski definition) is 4. The Morgan fingerprint density at radius 2 is 1.81 bits per heavy atom. The topological polar surface area (TPSA) is 63.7 Å². The maximum atomic E-state index is 14.8. The average molecular weight is 420 g/mol. The van der Waals surface area contributed by atoms with E-state index in [9.17, 15) is 18.8 Å². The zero-order chi connectivity index (χ0) is 19.7. The molecule has 0 aromatic heterocycles. The molecule has 2 saturated carbocycles. The highest BCUT2D eigenvalue weighted by Gasteiger charge is 2.53. The van der Waals surface area contributed by atoms with Gasteiger partial charge in [0.2, 0.25) is 11.8 Å². The van der Waals surface area contributed by atoms with Crippen molar-refractivity contribution >= 4 is 41.0 Å². The normalized spacial score (nSPS) is 37.3. The zero-order valence-electron chi connectivity index (χ0n) is 15.2. The van der Waals surface area contributed by atoms with Gasteiger partial charge in [0.05, 0.1) is 24.5 Å². The molecule has 0 bridgehead atoms. The quantitative estimate of drug-likeness (QED) is 0.302. The summed E-state index contributed by atoms with van der Waals surface area (Å²) in [6.07, 6.45) is 3.44. The van der Waals surface area contributed by atoms with Gasteiger partial charge in [-0.05, 0) is 38.5 Å². The number of allylic oxidation sites excluding steroid dienone is 1. The maximum Gasteiger partial charge on any atom is 0.349 e. The summed E-state index contributed by atoms with van der Waals surface area (Å²) >= 11 is 12.3. The van der Waals surface area contributed by atoms with Crippen molar-refractivity contribution in [2.24, 2.45) is 17.8 Å². The van der Waals surface area contributed by atoms with Crippen LogP contribution in [0.2, 0.25) is 0 Å². The molecule has 3 fully saturated rings. The first-order valence-corrected chi connectivity index (χ1v) is 10.4. The van der Waals surface area contributed by atoms with Crippen LogP contribution in [0.15, 0.2) is 11.1 Å². The fraction of sp³-hybridized carbons (Fsp3) is 0.737. The van der Waals surface area contributed by atoms with Gasteiger partial charge in [0.25, 0.3) is 0 Å². The fourth-order valence-electron chi connectivity index (χ4n) is 4.53. The zero-order valence-corrected chi connectivity index (χ0v) is 16.7. The molecule has 8 heteroatoms. The number of amides is 2. The van der Waals surface area contributed by atoms with Gasteiger partial charge in [-0.3, -0.25) is 14.5 Å². The first-order chi connectivity index (χ1) is 12.8. The van der Waals surface area contributed by atoms with Gasteiger partial charge in [-0.15, -0.1) is 11.6 Å². The number of ether oxygens (including phenoxy) is 1. The van der Waals surface area contributed by atoms with Crippen molar-refractivity contribution in [3.05, 3.63) is 11.1 Å². The monoisotopic (exact) mass is 419 g/mol. The lowest BCUT2D eigenvalue weighted by atomic mass is 9.81. The molecular formula is C19H24Cl2FNO4. The summed E-state index contributed by atoms with van der Waals surface area (Å²) in [6.45, 7) is 1.85. The Labute approximate surface area is 168 Å². The molecule has 6 unspecified atom stereocenters. The van der Waals surface area contributed by atoms with Gasteiger partial charge in [-0.1, -0.05) is 30.5 Å². The van der Waals surface area contributed by atoms with Crippen molar-refractivity contribution in [1.29, 1.82) is 0 Å². The van der Waals surface area contributed by atoms with E-state index < -0.39 is 29.5 Å². The smallest absolute Gasteiger partial charge is 0.349 e. The van der Waals surface area contributed by atoms with E-state index in [1.54, 1.807) is 6.92 Å². The molecule has 5 nitrogen and oxygen atoms in total. The minimum atomic E-state index is -1.38. The summed E-state index contributed by atoms with van der Waals surface area (Å²) in [4.78, 5) is 38.5. The molecule has 0 N–H and O–H groups in total. The molecule has 0 radical (unpaired) electrons. The van der Waals surface area contributed by atoms with Crippen LogP contribution in [-0.4, -0.2) is 46.9 Å². The molecule has 27 heavy (non-hydrogen) atoms. The number of fused-ring (bicyclic) bond motifs is 1. The minimum absolute atomic E-state index is 0.00717. The highest BCUT2D eigenvalue weighted by atomic mass is 35.5. The highest BCUT2D eigenvalue weighted by Crippen LogP contribution is 2.43. The van der Waals surface area contributed by atoms with E-state index >= 15 is 0 Å². The number of likely N-dealkylation sites (tertiary alicyclic amines) is 1. The lowest BCUT2D eigenvalue weighted by Crippen LogP contribution is -2.51. The van der Waals surface area contributed by atoms with Gasteiger partial charge in [-0.25, -0.2) is 9.18 Å². The summed E-state index contributed by atoms with van der Waals surface area (Å²) in [5.41, 5.74) is 0. The van der Waals surface area contributed by atoms with Crippen LogP contribution in [0.4, 0.5) is 4.39 Å². The van der Waals surface area contributed by atoms with Gasteiger partial charge in [0.1, 0.15) is 11.2 Å². The van der Waals surface area contributed by atoms with Crippen molar-refractivity contribution in [3.63, 3.8) is 0 Å². The maximum absolute atomic E-state index is 14.8. The molecule has 2 aliphatic carbocycles. The van der Waals surface area contributed by atoms with Gasteiger partial charge < -0.3 is 4.74 Å². The lowest BCUT2D eigenvalue weighted by molar-refractivity contribution is -0.145. The van der Waals surface area contributed by atoms with Gasteiger partial charge in [0, 0.05) is 5.38 Å². The van der Waals surface area contributed by atoms with Gasteiger partial charge in [0.15, 0.2) is 0 Å². The Hall–Kier alpha value is -1.14. The number of imide groups is 1. The minimum Gasteiger partial charge on any atom is -0.462 e. The molecule has 1 saturated heterocycles. The predicted octanol–water partition coefficient (Wildman–Crippen LogP) is 3.57. The number of alkyl halides is 2. The number of hydrogen-bond donors (Lipinski definition) is 0. The number of carbonyl (C=O) groups is 3. The van der Waals surface area contributed by atoms with E-state index in [1.165, 1.54) is 6.08 Å². The SMILES string of the molecule is CCOC(=O)/C(Cl)=C/C1CC(N2C(=O)C3CCCCC3C2=O)C(F)CC1Cl. The molecular weight excluding hydrogens is 396 g/mol. The number of esters is 1. The molecule has 2 amide bonds. The standard InChI is InChI=1S/C19H24Cl2FNO4/c1-2-27-19(26)14(21)7-10-8-16(15(22)9-13(10)20)23-17(24)11-5-3-4-6-12(11)18(23)25/h7,10-13,15-16H,2-6,8-9H2,1H3/b14-7-. The summed E-state index contributed by atoms with van der Waals surface area (Å²) in [5.74, 6) is -2.24. The Bertz CT molecular complexity index is 632. The third-order valence-corrected chi connectivity index (χ3v) is 6.67. The van der Waals surface area contributed by atoms with E-state index in [-0.39, 0.29) is 48.1 Å². The molecule has 0 spiro atoms. The second kappa shape index (κ2) is 8.48. The van der Waals surface area contributed by atoms with Gasteiger partial charge >= 0.3 is 5.97 Å². The van der Waals surface area contributed by atoms with Crippen LogP contribution < -0.4 is 0 Å². The van der Waals surface area contributed by atoms with Crippen LogP contribution in [0.25, 0.3) is 0 Å². The fourth-order valence-corrected chi connectivity index (χ4v) is 5.09. The summed E-state index contributed by atoms with van der Waals surface area (Å²) in [5, 5.41) is -0.689. The predicted molar refractivity (Wildman–Crippen MR) is 98.9 cm³/mol.